The second-order valence-corrected chi connectivity index (χ2v) is 3.80. The minimum atomic E-state index is 0.102. The quantitative estimate of drug-likeness (QED) is 0.612. The van der Waals surface area contributed by atoms with Gasteiger partial charge in [-0.15, -0.1) is 0 Å². The highest BCUT2D eigenvalue weighted by molar-refractivity contribution is 5.50. The fourth-order valence-electron chi connectivity index (χ4n) is 1.65. The summed E-state index contributed by atoms with van der Waals surface area (Å²) in [6.45, 7) is 2.57. The van der Waals surface area contributed by atoms with Crippen molar-refractivity contribution < 1.29 is 5.11 Å². The second-order valence-electron chi connectivity index (χ2n) is 3.80. The maximum atomic E-state index is 8.71. The molecule has 1 saturated heterocycles. The number of anilines is 2. The average molecular weight is 223 g/mol. The molecule has 0 unspecified atom stereocenters. The van der Waals surface area contributed by atoms with E-state index in [-0.39, 0.29) is 6.61 Å². The summed E-state index contributed by atoms with van der Waals surface area (Å²) in [6.07, 6.45) is 1.54. The zero-order valence-electron chi connectivity index (χ0n) is 9.35. The molecule has 1 aliphatic heterocycles. The van der Waals surface area contributed by atoms with E-state index in [1.54, 1.807) is 6.33 Å². The summed E-state index contributed by atoms with van der Waals surface area (Å²) >= 11 is 0. The van der Waals surface area contributed by atoms with Crippen molar-refractivity contribution in [3.8, 4) is 0 Å². The van der Waals surface area contributed by atoms with Crippen LogP contribution in [0.25, 0.3) is 0 Å². The number of nitrogens with one attached hydrogen (secondary N) is 2. The third kappa shape index (κ3) is 2.40. The molecule has 1 aromatic heterocycles. The standard InChI is InChI=1S/C10H17N5O/c1-11-8-5-15(6-8)10-4-9(12-2-3-16)13-7-14-10/h4,7-8,11,16H,2-3,5-6H2,1H3,(H,12,13,14). The van der Waals surface area contributed by atoms with E-state index in [4.69, 9.17) is 5.11 Å². The van der Waals surface area contributed by atoms with Crippen molar-refractivity contribution in [2.24, 2.45) is 0 Å². The minimum absolute atomic E-state index is 0.102. The molecule has 0 atom stereocenters. The van der Waals surface area contributed by atoms with E-state index in [1.165, 1.54) is 0 Å². The first kappa shape index (κ1) is 11.1. The van der Waals surface area contributed by atoms with Crippen LogP contribution in [0.5, 0.6) is 0 Å². The lowest BCUT2D eigenvalue weighted by molar-refractivity contribution is 0.311. The van der Waals surface area contributed by atoms with Gasteiger partial charge in [-0.05, 0) is 7.05 Å². The molecule has 0 saturated carbocycles. The van der Waals surface area contributed by atoms with Gasteiger partial charge in [-0.25, -0.2) is 9.97 Å². The van der Waals surface area contributed by atoms with Gasteiger partial charge >= 0.3 is 0 Å². The SMILES string of the molecule is CNC1CN(c2cc(NCCO)ncn2)C1. The maximum absolute atomic E-state index is 8.71. The third-order valence-corrected chi connectivity index (χ3v) is 2.68. The zero-order chi connectivity index (χ0) is 11.4. The molecule has 0 bridgehead atoms. The van der Waals surface area contributed by atoms with Gasteiger partial charge < -0.3 is 20.6 Å². The Kier molecular flexibility index (Phi) is 3.53. The van der Waals surface area contributed by atoms with E-state index < -0.39 is 0 Å². The highest BCUT2D eigenvalue weighted by Gasteiger charge is 2.26. The molecule has 0 amide bonds. The van der Waals surface area contributed by atoms with Gasteiger partial charge in [0.05, 0.1) is 6.61 Å². The summed E-state index contributed by atoms with van der Waals surface area (Å²) in [5, 5.41) is 14.9. The summed E-state index contributed by atoms with van der Waals surface area (Å²) in [4.78, 5) is 10.5. The molecule has 2 rings (SSSR count). The van der Waals surface area contributed by atoms with Crippen LogP contribution in [0.4, 0.5) is 11.6 Å². The molecule has 1 fully saturated rings. The van der Waals surface area contributed by atoms with Crippen LogP contribution in [0.3, 0.4) is 0 Å². The minimum Gasteiger partial charge on any atom is -0.395 e. The number of rotatable bonds is 5. The van der Waals surface area contributed by atoms with Crippen molar-refractivity contribution in [3.63, 3.8) is 0 Å². The van der Waals surface area contributed by atoms with Gasteiger partial charge in [0.2, 0.25) is 0 Å². The molecule has 0 spiro atoms. The first-order chi connectivity index (χ1) is 7.83. The average Bonchev–Trinajstić information content (AvgIpc) is 2.26. The molecule has 2 heterocycles. The van der Waals surface area contributed by atoms with Crippen molar-refractivity contribution in [1.29, 1.82) is 0 Å². The van der Waals surface area contributed by atoms with E-state index in [1.807, 2.05) is 13.1 Å². The Hall–Kier alpha value is -1.40. The first-order valence-corrected chi connectivity index (χ1v) is 5.42. The van der Waals surface area contributed by atoms with Crippen molar-refractivity contribution in [1.82, 2.24) is 15.3 Å². The molecule has 0 aliphatic carbocycles. The van der Waals surface area contributed by atoms with E-state index in [2.05, 4.69) is 25.5 Å². The molecule has 88 valence electrons. The molecule has 6 nitrogen and oxygen atoms in total. The van der Waals surface area contributed by atoms with Gasteiger partial charge in [0.1, 0.15) is 18.0 Å². The maximum Gasteiger partial charge on any atom is 0.134 e. The summed E-state index contributed by atoms with van der Waals surface area (Å²) in [5.74, 6) is 1.69. The van der Waals surface area contributed by atoms with Crippen LogP contribution in [-0.4, -0.2) is 54.4 Å². The lowest BCUT2D eigenvalue weighted by atomic mass is 10.1. The summed E-state index contributed by atoms with van der Waals surface area (Å²) in [7, 11) is 1.97. The Labute approximate surface area is 94.7 Å². The normalized spacial score (nSPS) is 16.0. The highest BCUT2D eigenvalue weighted by atomic mass is 16.3. The zero-order valence-corrected chi connectivity index (χ0v) is 9.35. The van der Waals surface area contributed by atoms with Crippen LogP contribution in [0, 0.1) is 0 Å². The molecule has 16 heavy (non-hydrogen) atoms. The van der Waals surface area contributed by atoms with Crippen molar-refractivity contribution in [2.75, 3.05) is 43.5 Å². The Balaban J connectivity index is 1.94. The highest BCUT2D eigenvalue weighted by Crippen LogP contribution is 2.19. The van der Waals surface area contributed by atoms with E-state index in [9.17, 15) is 0 Å². The summed E-state index contributed by atoms with van der Waals surface area (Å²) in [5.41, 5.74) is 0. The topological polar surface area (TPSA) is 73.3 Å². The number of likely N-dealkylation sites (N-methyl/N-ethyl adjacent to an activating group) is 1. The lowest BCUT2D eigenvalue weighted by Gasteiger charge is -2.39. The van der Waals surface area contributed by atoms with Crippen LogP contribution in [-0.2, 0) is 0 Å². The molecule has 1 aromatic rings. The number of hydrogen-bond acceptors (Lipinski definition) is 6. The van der Waals surface area contributed by atoms with Crippen molar-refractivity contribution in [2.45, 2.75) is 6.04 Å². The van der Waals surface area contributed by atoms with Gasteiger partial charge in [-0.1, -0.05) is 0 Å². The predicted molar refractivity (Wildman–Crippen MR) is 62.7 cm³/mol. The Bertz CT molecular complexity index is 340. The smallest absolute Gasteiger partial charge is 0.134 e. The predicted octanol–water partition coefficient (Wildman–Crippen LogP) is -0.711. The second kappa shape index (κ2) is 5.09. The van der Waals surface area contributed by atoms with Crippen LogP contribution < -0.4 is 15.5 Å². The molecule has 6 heteroatoms. The van der Waals surface area contributed by atoms with Crippen LogP contribution in [0.15, 0.2) is 12.4 Å². The van der Waals surface area contributed by atoms with Crippen LogP contribution >= 0.6 is 0 Å². The lowest BCUT2D eigenvalue weighted by Crippen LogP contribution is -2.57. The van der Waals surface area contributed by atoms with Gasteiger partial charge in [0, 0.05) is 31.7 Å². The Morgan fingerprint density at radius 3 is 3.00 bits per heavy atom. The summed E-state index contributed by atoms with van der Waals surface area (Å²) in [6, 6.07) is 2.46. The van der Waals surface area contributed by atoms with Gasteiger partial charge in [-0.3, -0.25) is 0 Å². The van der Waals surface area contributed by atoms with Gasteiger partial charge in [-0.2, -0.15) is 0 Å². The first-order valence-electron chi connectivity index (χ1n) is 5.42. The van der Waals surface area contributed by atoms with Gasteiger partial charge in [0.25, 0.3) is 0 Å². The molecular weight excluding hydrogens is 206 g/mol. The van der Waals surface area contributed by atoms with Crippen molar-refractivity contribution in [3.05, 3.63) is 12.4 Å². The molecular formula is C10H17N5O. The fourth-order valence-corrected chi connectivity index (χ4v) is 1.65. The number of aromatic nitrogens is 2. The third-order valence-electron chi connectivity index (χ3n) is 2.68. The van der Waals surface area contributed by atoms with Crippen LogP contribution in [0.2, 0.25) is 0 Å². The van der Waals surface area contributed by atoms with Crippen LogP contribution in [0.1, 0.15) is 0 Å². The number of hydrogen-bond donors (Lipinski definition) is 3. The largest absolute Gasteiger partial charge is 0.395 e. The number of aliphatic hydroxyl groups excluding tert-OH is 1. The number of nitrogens with zero attached hydrogens (tertiary/aromatic N) is 3. The Morgan fingerprint density at radius 2 is 2.31 bits per heavy atom. The molecule has 0 radical (unpaired) electrons. The van der Waals surface area contributed by atoms with Gasteiger partial charge in [0.15, 0.2) is 0 Å². The van der Waals surface area contributed by atoms with Crippen molar-refractivity contribution >= 4 is 11.6 Å². The van der Waals surface area contributed by atoms with E-state index in [0.717, 1.165) is 24.7 Å². The molecule has 3 N–H and O–H groups in total. The van der Waals surface area contributed by atoms with E-state index in [0.29, 0.717) is 12.6 Å². The molecule has 0 aromatic carbocycles. The van der Waals surface area contributed by atoms with E-state index >= 15 is 0 Å². The Morgan fingerprint density at radius 1 is 1.50 bits per heavy atom. The number of aliphatic hydroxyl groups is 1. The fraction of sp³-hybridized carbons (Fsp3) is 0.600. The summed E-state index contributed by atoms with van der Waals surface area (Å²) < 4.78 is 0. The monoisotopic (exact) mass is 223 g/mol. The molecule has 1 aliphatic rings.